The molecular formula is C36H35F2N7O4S. The third kappa shape index (κ3) is 6.03. The van der Waals surface area contributed by atoms with Crippen LogP contribution in [0.3, 0.4) is 0 Å². The van der Waals surface area contributed by atoms with Gasteiger partial charge in [0.05, 0.1) is 42.7 Å². The van der Waals surface area contributed by atoms with Crippen molar-refractivity contribution in [3.05, 3.63) is 78.0 Å². The number of piperazine rings is 1. The van der Waals surface area contributed by atoms with Crippen LogP contribution in [0.4, 0.5) is 14.6 Å². The first-order chi connectivity index (χ1) is 24.2. The van der Waals surface area contributed by atoms with Crippen LogP contribution < -0.4 is 9.64 Å². The first-order valence-corrected chi connectivity index (χ1v) is 17.0. The number of ether oxygens (including phenoxy) is 2. The Bertz CT molecular complexity index is 2120. The van der Waals surface area contributed by atoms with Gasteiger partial charge in [-0.3, -0.25) is 24.1 Å². The largest absolute Gasteiger partial charge is 0.490 e. The van der Waals surface area contributed by atoms with Crippen molar-refractivity contribution in [2.75, 3.05) is 58.5 Å². The maximum absolute atomic E-state index is 16.1. The maximum Gasteiger partial charge on any atom is 0.246 e. The Balaban J connectivity index is 1.42. The number of anilines is 1. The number of carbonyl (C=O) groups is 2. The minimum absolute atomic E-state index is 0.00742. The molecular weight excluding hydrogens is 665 g/mol. The summed E-state index contributed by atoms with van der Waals surface area (Å²) in [6, 6.07) is 9.11. The summed E-state index contributed by atoms with van der Waals surface area (Å²) in [6.07, 6.45) is 2.97. The lowest BCUT2D eigenvalue weighted by molar-refractivity contribution is -0.129. The second-order valence-corrected chi connectivity index (χ2v) is 13.1. The summed E-state index contributed by atoms with van der Waals surface area (Å²) in [5, 5.41) is 7.54. The Morgan fingerprint density at radius 2 is 1.92 bits per heavy atom. The van der Waals surface area contributed by atoms with Crippen molar-refractivity contribution in [3.8, 4) is 39.5 Å². The molecule has 0 radical (unpaired) electrons. The average molecular weight is 700 g/mol. The van der Waals surface area contributed by atoms with Crippen LogP contribution in [0.25, 0.3) is 43.9 Å². The number of methoxy groups -OCH3 is 1. The minimum Gasteiger partial charge on any atom is -0.490 e. The van der Waals surface area contributed by atoms with Crippen molar-refractivity contribution in [1.82, 2.24) is 29.5 Å². The Hall–Kier alpha value is -5.05. The topological polar surface area (TPSA) is 106 Å². The van der Waals surface area contributed by atoms with Gasteiger partial charge in [-0.05, 0) is 49.7 Å². The number of thiophene rings is 1. The molecule has 11 nitrogen and oxygen atoms in total. The van der Waals surface area contributed by atoms with Crippen LogP contribution in [-0.4, -0.2) is 94.9 Å². The fourth-order valence-electron chi connectivity index (χ4n) is 6.56. The number of rotatable bonds is 9. The number of aromatic nitrogens is 4. The molecule has 2 amide bonds. The van der Waals surface area contributed by atoms with E-state index in [1.807, 2.05) is 47.1 Å². The molecule has 1 aromatic carbocycles. The van der Waals surface area contributed by atoms with Gasteiger partial charge in [0.2, 0.25) is 11.8 Å². The fraction of sp³-hybridized carbons (Fsp3) is 0.306. The smallest absolute Gasteiger partial charge is 0.246 e. The quantitative estimate of drug-likeness (QED) is 0.146. The van der Waals surface area contributed by atoms with Crippen LogP contribution in [-0.2, 0) is 20.9 Å². The highest BCUT2D eigenvalue weighted by Gasteiger charge is 2.32. The summed E-state index contributed by atoms with van der Waals surface area (Å²) in [5.74, 6) is -1.26. The molecule has 2 aliphatic heterocycles. The Kier molecular flexibility index (Phi) is 9.16. The van der Waals surface area contributed by atoms with Gasteiger partial charge in [0.1, 0.15) is 41.2 Å². The molecule has 4 aromatic heterocycles. The highest BCUT2D eigenvalue weighted by Crippen LogP contribution is 2.47. The van der Waals surface area contributed by atoms with Crippen molar-refractivity contribution in [1.29, 1.82) is 0 Å². The number of halogens is 2. The molecule has 14 heteroatoms. The van der Waals surface area contributed by atoms with E-state index in [0.29, 0.717) is 64.9 Å². The number of amides is 2. The van der Waals surface area contributed by atoms with E-state index in [1.54, 1.807) is 22.1 Å². The second kappa shape index (κ2) is 13.7. The lowest BCUT2D eigenvalue weighted by Gasteiger charge is -2.33. The molecule has 0 spiro atoms. The Morgan fingerprint density at radius 3 is 2.66 bits per heavy atom. The molecule has 1 saturated heterocycles. The molecule has 1 atom stereocenters. The van der Waals surface area contributed by atoms with Gasteiger partial charge in [-0.2, -0.15) is 5.10 Å². The van der Waals surface area contributed by atoms with Crippen LogP contribution in [0.15, 0.2) is 60.6 Å². The van der Waals surface area contributed by atoms with Crippen molar-refractivity contribution < 1.29 is 27.8 Å². The van der Waals surface area contributed by atoms with Gasteiger partial charge in [0.25, 0.3) is 0 Å². The van der Waals surface area contributed by atoms with E-state index < -0.39 is 11.6 Å². The molecule has 0 N–H and O–H groups in total. The number of likely N-dealkylation sites (N-methyl/N-ethyl adjacent to an activating group) is 1. The molecule has 0 aliphatic carbocycles. The van der Waals surface area contributed by atoms with Crippen molar-refractivity contribution >= 4 is 39.1 Å². The van der Waals surface area contributed by atoms with Gasteiger partial charge >= 0.3 is 0 Å². The molecule has 0 saturated carbocycles. The van der Waals surface area contributed by atoms with E-state index in [9.17, 15) is 14.0 Å². The lowest BCUT2D eigenvalue weighted by atomic mass is 9.96. The third-order valence-corrected chi connectivity index (χ3v) is 10.0. The summed E-state index contributed by atoms with van der Waals surface area (Å²) in [6.45, 7) is 8.30. The molecule has 0 bridgehead atoms. The van der Waals surface area contributed by atoms with Gasteiger partial charge in [0, 0.05) is 66.3 Å². The number of benzene rings is 1. The zero-order valence-corrected chi connectivity index (χ0v) is 28.7. The van der Waals surface area contributed by atoms with Crippen molar-refractivity contribution in [3.63, 3.8) is 0 Å². The minimum atomic E-state index is -0.814. The van der Waals surface area contributed by atoms with Crippen LogP contribution in [0.5, 0.6) is 5.75 Å². The van der Waals surface area contributed by atoms with Crippen LogP contribution in [0.2, 0.25) is 0 Å². The summed E-state index contributed by atoms with van der Waals surface area (Å²) in [4.78, 5) is 40.5. The average Bonchev–Trinajstić information content (AvgIpc) is 3.77. The molecule has 1 fully saturated rings. The SMILES string of the molecule is C=CC(=O)N1CCn2nc(-c3nc(-c4ccc(N5CCN(C)CC5=O)nc4)c4ccsc4c3-c3c(F)cc(F)cc3OCCOC)cc2[C@H]1C. The molecule has 6 heterocycles. The molecule has 2 aliphatic rings. The van der Waals surface area contributed by atoms with Crippen molar-refractivity contribution in [2.45, 2.75) is 19.5 Å². The predicted molar refractivity (Wildman–Crippen MR) is 187 cm³/mol. The van der Waals surface area contributed by atoms with E-state index in [1.165, 1.54) is 24.5 Å². The standard InChI is InChI=1S/C36H35F2N7O4S/c1-5-30(46)43-11-12-45-27(21(43)2)18-26(41-45)35-33(32-25(38)16-23(37)17-28(32)49-14-13-48-4)36-24(8-15-50-36)34(40-35)22-6-7-29(39-19-22)44-10-9-42(3)20-31(44)47/h5-8,15-19,21H,1,9-14,20H2,2-4H3/t21-/m1/s1. The number of fused-ring (bicyclic) bond motifs is 2. The first-order valence-electron chi connectivity index (χ1n) is 16.2. The van der Waals surface area contributed by atoms with Gasteiger partial charge in [-0.1, -0.05) is 6.58 Å². The lowest BCUT2D eigenvalue weighted by Crippen LogP contribution is -2.49. The third-order valence-electron chi connectivity index (χ3n) is 9.09. The maximum atomic E-state index is 16.1. The summed E-state index contributed by atoms with van der Waals surface area (Å²) >= 11 is 1.39. The van der Waals surface area contributed by atoms with Gasteiger partial charge in [0.15, 0.2) is 0 Å². The molecule has 7 rings (SSSR count). The number of hydrogen-bond acceptors (Lipinski definition) is 9. The number of nitrogens with zero attached hydrogens (tertiary/aromatic N) is 7. The van der Waals surface area contributed by atoms with Gasteiger partial charge in [-0.15, -0.1) is 11.3 Å². The van der Waals surface area contributed by atoms with E-state index in [-0.39, 0.29) is 42.4 Å². The summed E-state index contributed by atoms with van der Waals surface area (Å²) in [7, 11) is 3.42. The molecule has 0 unspecified atom stereocenters. The zero-order valence-electron chi connectivity index (χ0n) is 27.9. The first kappa shape index (κ1) is 33.4. The number of hydrogen-bond donors (Lipinski definition) is 0. The normalized spacial score (nSPS) is 16.6. The summed E-state index contributed by atoms with van der Waals surface area (Å²) < 4.78 is 44.3. The van der Waals surface area contributed by atoms with Crippen LogP contribution >= 0.6 is 11.3 Å². The second-order valence-electron chi connectivity index (χ2n) is 12.2. The van der Waals surface area contributed by atoms with Crippen LogP contribution in [0, 0.1) is 11.6 Å². The Morgan fingerprint density at radius 1 is 1.08 bits per heavy atom. The van der Waals surface area contributed by atoms with Gasteiger partial charge < -0.3 is 14.4 Å². The van der Waals surface area contributed by atoms with E-state index in [0.717, 1.165) is 29.8 Å². The predicted octanol–water partition coefficient (Wildman–Crippen LogP) is 5.56. The highest BCUT2D eigenvalue weighted by molar-refractivity contribution is 7.18. The number of carbonyl (C=O) groups excluding carboxylic acids is 2. The molecule has 5 aromatic rings. The summed E-state index contributed by atoms with van der Waals surface area (Å²) in [5.41, 5.74) is 3.29. The molecule has 50 heavy (non-hydrogen) atoms. The highest BCUT2D eigenvalue weighted by atomic mass is 32.1. The van der Waals surface area contributed by atoms with E-state index in [4.69, 9.17) is 19.6 Å². The zero-order chi connectivity index (χ0) is 35.1. The van der Waals surface area contributed by atoms with Crippen LogP contribution in [0.1, 0.15) is 18.7 Å². The fourth-order valence-corrected chi connectivity index (χ4v) is 7.51. The monoisotopic (exact) mass is 699 g/mol. The number of pyridine rings is 2. The molecule has 258 valence electrons. The van der Waals surface area contributed by atoms with E-state index in [2.05, 4.69) is 11.6 Å². The van der Waals surface area contributed by atoms with Crippen molar-refractivity contribution in [2.24, 2.45) is 0 Å². The Labute approximate surface area is 291 Å². The van der Waals surface area contributed by atoms with E-state index >= 15 is 4.39 Å². The van der Waals surface area contributed by atoms with Gasteiger partial charge in [-0.25, -0.2) is 18.7 Å².